The van der Waals surface area contributed by atoms with Crippen molar-refractivity contribution in [2.45, 2.75) is 62.7 Å². The molecule has 0 fully saturated rings. The number of nitrogens with one attached hydrogen (secondary N) is 3. The van der Waals surface area contributed by atoms with E-state index in [0.717, 1.165) is 5.56 Å². The topological polar surface area (TPSA) is 323 Å². The number of carboxylic acids is 1. The summed E-state index contributed by atoms with van der Waals surface area (Å²) in [6, 6.07) is 3.80. The SMILES string of the molecule is NC(=O)CC(NC(=O)C(N)Cc1ccccc1)C(=O)NC(CCCN=C(N)N)C(=O)NC(CCCN=C(N)N)C(=O)O. The number of carbonyl (C=O) groups is 5. The Morgan fingerprint density at radius 2 is 1.19 bits per heavy atom. The van der Waals surface area contributed by atoms with Gasteiger partial charge in [0.25, 0.3) is 0 Å². The molecule has 0 aliphatic rings. The third-order valence-corrected chi connectivity index (χ3v) is 5.81. The fourth-order valence-corrected chi connectivity index (χ4v) is 3.73. The number of aliphatic carboxylic acids is 1. The summed E-state index contributed by atoms with van der Waals surface area (Å²) in [4.78, 5) is 70.1. The Morgan fingerprint density at radius 1 is 0.714 bits per heavy atom. The van der Waals surface area contributed by atoms with Crippen molar-refractivity contribution in [3.05, 3.63) is 35.9 Å². The Balaban J connectivity index is 3.02. The van der Waals surface area contributed by atoms with Crippen molar-refractivity contribution < 1.29 is 29.1 Å². The molecule has 0 bridgehead atoms. The van der Waals surface area contributed by atoms with Crippen molar-refractivity contribution in [3.8, 4) is 0 Å². The van der Waals surface area contributed by atoms with E-state index in [9.17, 15) is 29.1 Å². The van der Waals surface area contributed by atoms with E-state index in [2.05, 4.69) is 25.9 Å². The summed E-state index contributed by atoms with van der Waals surface area (Å²) in [6.07, 6.45) is 0.0131. The maximum atomic E-state index is 13.2. The number of hydrogen-bond acceptors (Lipinski definition) is 8. The van der Waals surface area contributed by atoms with Crippen LogP contribution in [0.2, 0.25) is 0 Å². The first kappa shape index (κ1) is 35.1. The van der Waals surface area contributed by atoms with E-state index in [4.69, 9.17) is 34.4 Å². The van der Waals surface area contributed by atoms with E-state index in [1.54, 1.807) is 30.3 Å². The van der Waals surface area contributed by atoms with Crippen LogP contribution in [0, 0.1) is 0 Å². The predicted octanol–water partition coefficient (Wildman–Crippen LogP) is -3.92. The second-order valence-corrected chi connectivity index (χ2v) is 9.39. The largest absolute Gasteiger partial charge is 0.480 e. The van der Waals surface area contributed by atoms with Crippen LogP contribution in [-0.4, -0.2) is 83.9 Å². The molecule has 4 unspecified atom stereocenters. The van der Waals surface area contributed by atoms with E-state index in [1.165, 1.54) is 0 Å². The third-order valence-electron chi connectivity index (χ3n) is 5.81. The normalized spacial score (nSPS) is 13.4. The minimum absolute atomic E-state index is 0.00776. The molecule has 16 N–H and O–H groups in total. The monoisotopic (exact) mass is 591 g/mol. The van der Waals surface area contributed by atoms with Crippen molar-refractivity contribution in [1.82, 2.24) is 16.0 Å². The molecule has 0 saturated heterocycles. The molecule has 1 rings (SSSR count). The van der Waals surface area contributed by atoms with Crippen LogP contribution in [0.5, 0.6) is 0 Å². The number of carbonyl (C=O) groups excluding carboxylic acids is 4. The first-order chi connectivity index (χ1) is 19.8. The molecule has 0 saturated carbocycles. The van der Waals surface area contributed by atoms with E-state index >= 15 is 0 Å². The molecule has 17 heteroatoms. The highest BCUT2D eigenvalue weighted by atomic mass is 16.4. The number of nitrogens with zero attached hydrogens (tertiary/aromatic N) is 2. The Labute approximate surface area is 242 Å². The lowest BCUT2D eigenvalue weighted by molar-refractivity contribution is -0.142. The first-order valence-corrected chi connectivity index (χ1v) is 13.1. The van der Waals surface area contributed by atoms with E-state index in [0.29, 0.717) is 0 Å². The van der Waals surface area contributed by atoms with Gasteiger partial charge in [-0.2, -0.15) is 0 Å². The minimum atomic E-state index is -1.46. The first-order valence-electron chi connectivity index (χ1n) is 13.1. The number of carboxylic acid groups (broad SMARTS) is 1. The summed E-state index contributed by atoms with van der Waals surface area (Å²) < 4.78 is 0. The summed E-state index contributed by atoms with van der Waals surface area (Å²) in [7, 11) is 0. The van der Waals surface area contributed by atoms with Crippen LogP contribution in [0.1, 0.15) is 37.7 Å². The van der Waals surface area contributed by atoms with Crippen LogP contribution < -0.4 is 50.4 Å². The fraction of sp³-hybridized carbons (Fsp3) is 0.480. The second-order valence-electron chi connectivity index (χ2n) is 9.39. The maximum absolute atomic E-state index is 13.2. The fourth-order valence-electron chi connectivity index (χ4n) is 3.73. The molecule has 0 radical (unpaired) electrons. The van der Waals surface area contributed by atoms with Crippen molar-refractivity contribution in [1.29, 1.82) is 0 Å². The number of amides is 4. The quantitative estimate of drug-likeness (QED) is 0.0420. The van der Waals surface area contributed by atoms with Gasteiger partial charge < -0.3 is 55.5 Å². The second kappa shape index (κ2) is 18.4. The Hall–Kier alpha value is -4.93. The molecule has 232 valence electrons. The summed E-state index contributed by atoms with van der Waals surface area (Å²) in [5, 5.41) is 16.8. The van der Waals surface area contributed by atoms with Crippen LogP contribution in [0.15, 0.2) is 40.3 Å². The van der Waals surface area contributed by atoms with Gasteiger partial charge in [0.05, 0.1) is 12.5 Å². The molecular weight excluding hydrogens is 550 g/mol. The van der Waals surface area contributed by atoms with Crippen molar-refractivity contribution in [2.24, 2.45) is 44.4 Å². The van der Waals surface area contributed by atoms with Gasteiger partial charge in [-0.1, -0.05) is 30.3 Å². The van der Waals surface area contributed by atoms with Gasteiger partial charge in [0.15, 0.2) is 11.9 Å². The number of rotatable bonds is 19. The molecule has 0 aliphatic heterocycles. The molecule has 4 atom stereocenters. The summed E-state index contributed by atoms with van der Waals surface area (Å²) >= 11 is 0. The predicted molar refractivity (Wildman–Crippen MR) is 155 cm³/mol. The lowest BCUT2D eigenvalue weighted by atomic mass is 10.0. The Kier molecular flexibility index (Phi) is 15.4. The zero-order chi connectivity index (χ0) is 31.7. The number of nitrogens with two attached hydrogens (primary N) is 6. The zero-order valence-corrected chi connectivity index (χ0v) is 23.2. The highest BCUT2D eigenvalue weighted by Gasteiger charge is 2.31. The molecule has 0 aliphatic carbocycles. The van der Waals surface area contributed by atoms with Crippen LogP contribution in [0.4, 0.5) is 0 Å². The number of primary amides is 1. The van der Waals surface area contributed by atoms with Crippen molar-refractivity contribution in [2.75, 3.05) is 13.1 Å². The van der Waals surface area contributed by atoms with E-state index in [-0.39, 0.29) is 57.1 Å². The van der Waals surface area contributed by atoms with Crippen LogP contribution in [0.3, 0.4) is 0 Å². The molecule has 0 aromatic heterocycles. The highest BCUT2D eigenvalue weighted by Crippen LogP contribution is 2.06. The van der Waals surface area contributed by atoms with Crippen molar-refractivity contribution in [3.63, 3.8) is 0 Å². The Morgan fingerprint density at radius 3 is 1.69 bits per heavy atom. The van der Waals surface area contributed by atoms with E-state index in [1.807, 2.05) is 0 Å². The molecule has 17 nitrogen and oxygen atoms in total. The summed E-state index contributed by atoms with van der Waals surface area (Å²) in [5.74, 6) is -5.00. The standard InChI is InChI=1S/C25H41N11O6/c26-15(12-14-6-2-1-3-7-14)20(38)36-18(13-19(27)37)22(40)34-16(8-4-10-32-24(28)29)21(39)35-17(23(41)42)9-5-11-33-25(30)31/h1-3,6-7,15-18H,4-5,8-13,26H2,(H2,27,37)(H,34,40)(H,35,39)(H,36,38)(H,41,42)(H4,28,29,32)(H4,30,31,33). The number of hydrogen-bond donors (Lipinski definition) is 10. The molecule has 42 heavy (non-hydrogen) atoms. The molecule has 4 amide bonds. The van der Waals surface area contributed by atoms with Gasteiger partial charge in [-0.3, -0.25) is 29.2 Å². The average Bonchev–Trinajstić information content (AvgIpc) is 2.91. The molecule has 1 aromatic rings. The van der Waals surface area contributed by atoms with E-state index < -0.39 is 60.2 Å². The number of benzene rings is 1. The van der Waals surface area contributed by atoms with Gasteiger partial charge in [0.1, 0.15) is 18.1 Å². The van der Waals surface area contributed by atoms with Gasteiger partial charge in [-0.05, 0) is 37.7 Å². The molecule has 0 spiro atoms. The number of aliphatic imine (C=N–C) groups is 2. The molecule has 0 heterocycles. The average molecular weight is 592 g/mol. The summed E-state index contributed by atoms with van der Waals surface area (Å²) in [6.45, 7) is 0.250. The van der Waals surface area contributed by atoms with Crippen LogP contribution in [0.25, 0.3) is 0 Å². The molecule has 1 aromatic carbocycles. The summed E-state index contributed by atoms with van der Waals surface area (Å²) in [5.41, 5.74) is 33.2. The third kappa shape index (κ3) is 14.5. The maximum Gasteiger partial charge on any atom is 0.326 e. The molecular formula is C25H41N11O6. The zero-order valence-electron chi connectivity index (χ0n) is 23.2. The van der Waals surface area contributed by atoms with Gasteiger partial charge in [-0.15, -0.1) is 0 Å². The smallest absolute Gasteiger partial charge is 0.326 e. The highest BCUT2D eigenvalue weighted by molar-refractivity contribution is 5.96. The van der Waals surface area contributed by atoms with Gasteiger partial charge in [0.2, 0.25) is 23.6 Å². The lowest BCUT2D eigenvalue weighted by Crippen LogP contribution is -2.58. The van der Waals surface area contributed by atoms with Crippen LogP contribution in [-0.2, 0) is 30.4 Å². The van der Waals surface area contributed by atoms with Gasteiger partial charge in [0, 0.05) is 13.1 Å². The number of guanidine groups is 2. The van der Waals surface area contributed by atoms with Crippen LogP contribution >= 0.6 is 0 Å². The van der Waals surface area contributed by atoms with Gasteiger partial charge >= 0.3 is 5.97 Å². The van der Waals surface area contributed by atoms with Crippen molar-refractivity contribution >= 4 is 41.5 Å². The Bertz CT molecular complexity index is 1120. The minimum Gasteiger partial charge on any atom is -0.480 e. The lowest BCUT2D eigenvalue weighted by Gasteiger charge is -2.25. The van der Waals surface area contributed by atoms with Gasteiger partial charge in [-0.25, -0.2) is 4.79 Å².